The Bertz CT molecular complexity index is 1410. The van der Waals surface area contributed by atoms with Gasteiger partial charge in [0.1, 0.15) is 17.8 Å². The lowest BCUT2D eigenvalue weighted by Gasteiger charge is -2.37. The normalized spacial score (nSPS) is 18.2. The van der Waals surface area contributed by atoms with Crippen molar-refractivity contribution in [2.45, 2.75) is 133 Å². The topological polar surface area (TPSA) is 97.7 Å². The number of hydrogen-bond acceptors (Lipinski definition) is 5. The Morgan fingerprint density at radius 2 is 1.59 bits per heavy atom. The van der Waals surface area contributed by atoms with Gasteiger partial charge in [-0.1, -0.05) is 92.0 Å². The summed E-state index contributed by atoms with van der Waals surface area (Å²) in [6.07, 6.45) is 17.1. The first kappa shape index (κ1) is 48.4. The summed E-state index contributed by atoms with van der Waals surface area (Å²) >= 11 is 0. The van der Waals surface area contributed by atoms with Gasteiger partial charge >= 0.3 is 0 Å². The maximum absolute atomic E-state index is 11.5. The van der Waals surface area contributed by atoms with Crippen molar-refractivity contribution in [3.05, 3.63) is 52.2 Å². The lowest BCUT2D eigenvalue weighted by atomic mass is 9.70. The zero-order chi connectivity index (χ0) is 38.2. The highest BCUT2D eigenvalue weighted by molar-refractivity contribution is 7.87. The second-order valence-corrected chi connectivity index (χ2v) is 14.0. The Morgan fingerprint density at radius 1 is 1.02 bits per heavy atom. The van der Waals surface area contributed by atoms with Gasteiger partial charge in [-0.2, -0.15) is 12.7 Å². The van der Waals surface area contributed by atoms with Crippen molar-refractivity contribution in [3.8, 4) is 5.75 Å². The first-order chi connectivity index (χ1) is 23.4. The van der Waals surface area contributed by atoms with Gasteiger partial charge in [-0.25, -0.2) is 4.72 Å². The Kier molecular flexibility index (Phi) is 26.7. The molecule has 49 heavy (non-hydrogen) atoms. The summed E-state index contributed by atoms with van der Waals surface area (Å²) in [5, 5.41) is 2.61. The third-order valence-corrected chi connectivity index (χ3v) is 9.75. The third-order valence-electron chi connectivity index (χ3n) is 8.27. The summed E-state index contributed by atoms with van der Waals surface area (Å²) in [4.78, 5) is 20.9. The molecule has 0 saturated heterocycles. The summed E-state index contributed by atoms with van der Waals surface area (Å²) in [5.41, 5.74) is 2.90. The van der Waals surface area contributed by atoms with E-state index in [4.69, 9.17) is 4.74 Å². The van der Waals surface area contributed by atoms with Crippen molar-refractivity contribution in [1.82, 2.24) is 13.6 Å². The Labute approximate surface area is 300 Å². The minimum atomic E-state index is -3.15. The highest BCUT2D eigenvalue weighted by Gasteiger charge is 2.33. The standard InChI is InChI=1S/C28H37NO2.C3H10N2O2S.C3H6O.3C2H6/c1-4-25-27(21-9-6-5-7-10-21)18-29(28(25)15-20(2)19-30)17-23-13-14-26(23)22-11-8-12-24(16-22)31-3;1-4-8(6,7)5(2)3;1-3(2)4;3*1-2/h4,8,11-12,15-16,18-21,23,26H,5-7,9-10,13-14,17H2,1-3H3;4H,1-3H3;1-2H3;3*1-2H3/b25-4-,28-15+;;;;;. The number of benzene rings is 1. The lowest BCUT2D eigenvalue weighted by Crippen LogP contribution is -2.36. The fourth-order valence-corrected chi connectivity index (χ4v) is 6.19. The molecule has 2 aliphatic carbocycles. The van der Waals surface area contributed by atoms with Gasteiger partial charge in [0.05, 0.1) is 7.11 Å². The Morgan fingerprint density at radius 3 is 2.00 bits per heavy atom. The number of ketones is 1. The van der Waals surface area contributed by atoms with Crippen molar-refractivity contribution < 1.29 is 22.7 Å². The van der Waals surface area contributed by atoms with Crippen LogP contribution in [-0.4, -0.2) is 57.6 Å². The minimum absolute atomic E-state index is 0.0675. The summed E-state index contributed by atoms with van der Waals surface area (Å²) in [6, 6.07) is 8.58. The van der Waals surface area contributed by atoms with Gasteiger partial charge in [0, 0.05) is 45.2 Å². The van der Waals surface area contributed by atoms with Gasteiger partial charge in [-0.05, 0) is 92.7 Å². The number of methoxy groups -OCH3 is 1. The molecule has 0 bridgehead atoms. The molecule has 0 amide bonds. The molecule has 2 fully saturated rings. The number of carbonyl (C=O) groups excluding carboxylic acids is 2. The number of aldehydes is 1. The molecule has 0 aliphatic heterocycles. The number of hydrogen-bond donors (Lipinski definition) is 1. The number of Topliss-reactive ketones (excluding diaryl/α,β-unsaturated/α-hetero) is 1. The van der Waals surface area contributed by atoms with Gasteiger partial charge in [0.25, 0.3) is 10.2 Å². The predicted molar refractivity (Wildman–Crippen MR) is 210 cm³/mol. The lowest BCUT2D eigenvalue weighted by molar-refractivity contribution is -0.115. The molecule has 3 atom stereocenters. The average Bonchev–Trinajstić information content (AvgIpc) is 3.46. The average molecular weight is 706 g/mol. The van der Waals surface area contributed by atoms with Gasteiger partial charge in [-0.3, -0.25) is 0 Å². The first-order valence-corrected chi connectivity index (χ1v) is 19.9. The zero-order valence-corrected chi connectivity index (χ0v) is 34.2. The van der Waals surface area contributed by atoms with E-state index < -0.39 is 10.2 Å². The largest absolute Gasteiger partial charge is 0.497 e. The van der Waals surface area contributed by atoms with E-state index in [0.717, 1.165) is 22.9 Å². The highest BCUT2D eigenvalue weighted by atomic mass is 32.2. The van der Waals surface area contributed by atoms with E-state index in [1.54, 1.807) is 7.11 Å². The van der Waals surface area contributed by atoms with Crippen molar-refractivity contribution in [3.63, 3.8) is 0 Å². The van der Waals surface area contributed by atoms with Crippen LogP contribution in [0.2, 0.25) is 0 Å². The molecule has 2 aromatic rings. The molecule has 4 rings (SSSR count). The fourth-order valence-electron chi connectivity index (χ4n) is 5.82. The minimum Gasteiger partial charge on any atom is -0.497 e. The Hall–Kier alpha value is -2.75. The van der Waals surface area contributed by atoms with E-state index in [2.05, 4.69) is 52.8 Å². The predicted octanol–water partition coefficient (Wildman–Crippen LogP) is 7.84. The van der Waals surface area contributed by atoms with Crippen molar-refractivity contribution in [1.29, 1.82) is 0 Å². The molecule has 1 aromatic heterocycles. The van der Waals surface area contributed by atoms with E-state index in [9.17, 15) is 18.0 Å². The molecule has 1 aromatic carbocycles. The number of carbonyl (C=O) groups is 2. The first-order valence-electron chi connectivity index (χ1n) is 18.4. The van der Waals surface area contributed by atoms with Crippen LogP contribution in [0.5, 0.6) is 5.75 Å². The van der Waals surface area contributed by atoms with Crippen LogP contribution >= 0.6 is 0 Å². The number of ether oxygens (including phenoxy) is 1. The second kappa shape index (κ2) is 27.0. The quantitative estimate of drug-likeness (QED) is 0.268. The van der Waals surface area contributed by atoms with Crippen LogP contribution in [0.4, 0.5) is 0 Å². The number of nitrogens with one attached hydrogen (secondary N) is 1. The fraction of sp³-hybridized carbons (Fsp3) is 0.650. The molecule has 8 nitrogen and oxygen atoms in total. The highest BCUT2D eigenvalue weighted by Crippen LogP contribution is 2.44. The molecule has 9 heteroatoms. The maximum Gasteiger partial charge on any atom is 0.278 e. The van der Waals surface area contributed by atoms with Crippen LogP contribution < -0.4 is 20.0 Å². The van der Waals surface area contributed by atoms with Gasteiger partial charge < -0.3 is 18.9 Å². The summed E-state index contributed by atoms with van der Waals surface area (Å²) in [7, 11) is 2.88. The molecule has 282 valence electrons. The van der Waals surface area contributed by atoms with E-state index in [1.165, 1.54) is 102 Å². The molecular weight excluding hydrogens is 635 g/mol. The van der Waals surface area contributed by atoms with Gasteiger partial charge in [0.2, 0.25) is 0 Å². The molecular formula is C40H71N3O5S. The van der Waals surface area contributed by atoms with Crippen LogP contribution in [0.25, 0.3) is 12.2 Å². The molecule has 1 N–H and O–H groups in total. The van der Waals surface area contributed by atoms with E-state index >= 15 is 0 Å². The molecule has 2 aliphatic rings. The molecule has 1 heterocycles. The van der Waals surface area contributed by atoms with E-state index in [-0.39, 0.29) is 11.7 Å². The number of rotatable bonds is 9. The monoisotopic (exact) mass is 706 g/mol. The second-order valence-electron chi connectivity index (χ2n) is 11.9. The van der Waals surface area contributed by atoms with Crippen LogP contribution in [0.3, 0.4) is 0 Å². The van der Waals surface area contributed by atoms with Crippen molar-refractivity contribution in [2.24, 2.45) is 11.8 Å². The van der Waals surface area contributed by atoms with Gasteiger partial charge in [-0.15, -0.1) is 0 Å². The van der Waals surface area contributed by atoms with E-state index in [1.807, 2.05) is 54.5 Å². The third kappa shape index (κ3) is 16.7. The maximum atomic E-state index is 11.5. The van der Waals surface area contributed by atoms with Crippen LogP contribution in [0.1, 0.15) is 137 Å². The summed E-state index contributed by atoms with van der Waals surface area (Å²) < 4.78 is 32.2. The summed E-state index contributed by atoms with van der Waals surface area (Å²) in [5.74, 6) is 2.92. The Balaban J connectivity index is 0. The smallest absolute Gasteiger partial charge is 0.278 e. The number of aromatic nitrogens is 1. The zero-order valence-electron chi connectivity index (χ0n) is 33.4. The van der Waals surface area contributed by atoms with Crippen LogP contribution in [-0.2, 0) is 26.3 Å². The molecule has 0 spiro atoms. The van der Waals surface area contributed by atoms with Crippen molar-refractivity contribution >= 4 is 34.4 Å². The molecule has 3 unspecified atom stereocenters. The van der Waals surface area contributed by atoms with Crippen LogP contribution in [0.15, 0.2) is 30.5 Å². The molecule has 0 radical (unpaired) electrons. The van der Waals surface area contributed by atoms with Gasteiger partial charge in [0.15, 0.2) is 0 Å². The summed E-state index contributed by atoms with van der Waals surface area (Å²) in [6.45, 7) is 20.2. The molecule has 2 saturated carbocycles. The SMILES string of the molecule is C/C=c1/c(C2CCCCC2)cn(CC2CCC2c2cccc(OC)c2)/c1=C/C(C)C=O.CC.CC.CC.CC(C)=O.CNS(=O)(=O)N(C)C. The van der Waals surface area contributed by atoms with E-state index in [0.29, 0.717) is 17.8 Å². The number of nitrogens with zero attached hydrogens (tertiary/aromatic N) is 2. The van der Waals surface area contributed by atoms with Crippen molar-refractivity contribution in [2.75, 3.05) is 28.3 Å². The van der Waals surface area contributed by atoms with Crippen LogP contribution in [0, 0.1) is 11.8 Å².